The predicted octanol–water partition coefficient (Wildman–Crippen LogP) is 2.91. The minimum absolute atomic E-state index is 0.0331. The fraction of sp³-hybridized carbons (Fsp3) is 0.500. The molecule has 116 valence electrons. The highest BCUT2D eigenvalue weighted by Crippen LogP contribution is 2.12. The number of unbranched alkanes of at least 4 members (excludes halogenated alkanes) is 1. The van der Waals surface area contributed by atoms with Gasteiger partial charge in [-0.2, -0.15) is 0 Å². The van der Waals surface area contributed by atoms with E-state index in [1.54, 1.807) is 29.2 Å². The summed E-state index contributed by atoms with van der Waals surface area (Å²) in [5, 5.41) is 11.7. The van der Waals surface area contributed by atoms with Crippen LogP contribution in [0.5, 0.6) is 0 Å². The number of benzene rings is 1. The van der Waals surface area contributed by atoms with Crippen LogP contribution < -0.4 is 5.32 Å². The van der Waals surface area contributed by atoms with Crippen LogP contribution in [0.4, 0.5) is 10.5 Å². The number of hydrogen-bond donors (Lipinski definition) is 2. The van der Waals surface area contributed by atoms with E-state index >= 15 is 0 Å². The van der Waals surface area contributed by atoms with E-state index in [1.165, 1.54) is 6.92 Å². The van der Waals surface area contributed by atoms with Crippen molar-refractivity contribution >= 4 is 17.5 Å². The minimum Gasteiger partial charge on any atom is -0.396 e. The lowest BCUT2D eigenvalue weighted by molar-refractivity contribution is 0.101. The van der Waals surface area contributed by atoms with Crippen LogP contribution in [0, 0.1) is 0 Å². The summed E-state index contributed by atoms with van der Waals surface area (Å²) in [6.45, 7) is 4.81. The maximum Gasteiger partial charge on any atom is 0.321 e. The number of ketones is 1. The van der Waals surface area contributed by atoms with E-state index in [-0.39, 0.29) is 18.4 Å². The molecule has 2 amide bonds. The average Bonchev–Trinajstić information content (AvgIpc) is 2.47. The van der Waals surface area contributed by atoms with E-state index in [0.717, 1.165) is 12.8 Å². The second-order valence-electron chi connectivity index (χ2n) is 4.98. The Morgan fingerprint density at radius 1 is 1.24 bits per heavy atom. The van der Waals surface area contributed by atoms with Crippen molar-refractivity contribution in [3.63, 3.8) is 0 Å². The number of nitrogens with zero attached hydrogens (tertiary/aromatic N) is 1. The summed E-state index contributed by atoms with van der Waals surface area (Å²) in [4.78, 5) is 25.3. The molecule has 0 atom stereocenters. The third-order valence-corrected chi connectivity index (χ3v) is 3.18. The van der Waals surface area contributed by atoms with Crippen molar-refractivity contribution in [1.82, 2.24) is 4.90 Å². The van der Waals surface area contributed by atoms with Gasteiger partial charge < -0.3 is 15.3 Å². The molecule has 1 aromatic rings. The third-order valence-electron chi connectivity index (χ3n) is 3.18. The largest absolute Gasteiger partial charge is 0.396 e. The molecule has 2 N–H and O–H groups in total. The van der Waals surface area contributed by atoms with Crippen molar-refractivity contribution in [2.24, 2.45) is 0 Å². The number of aliphatic hydroxyl groups excluding tert-OH is 1. The highest BCUT2D eigenvalue weighted by Gasteiger charge is 2.13. The molecule has 5 nitrogen and oxygen atoms in total. The molecule has 0 aliphatic carbocycles. The Kier molecular flexibility index (Phi) is 7.46. The van der Waals surface area contributed by atoms with Gasteiger partial charge in [-0.25, -0.2) is 4.79 Å². The first-order chi connectivity index (χ1) is 10.1. The van der Waals surface area contributed by atoms with Crippen LogP contribution in [0.25, 0.3) is 0 Å². The predicted molar refractivity (Wildman–Crippen MR) is 83.6 cm³/mol. The van der Waals surface area contributed by atoms with Gasteiger partial charge in [0, 0.05) is 30.9 Å². The number of carbonyl (C=O) groups is 2. The molecule has 0 spiro atoms. The zero-order chi connectivity index (χ0) is 15.7. The number of rotatable bonds is 8. The van der Waals surface area contributed by atoms with Crippen molar-refractivity contribution in [2.45, 2.75) is 33.1 Å². The van der Waals surface area contributed by atoms with Gasteiger partial charge in [0.25, 0.3) is 0 Å². The fourth-order valence-corrected chi connectivity index (χ4v) is 1.94. The first-order valence-electron chi connectivity index (χ1n) is 7.36. The molecule has 0 aromatic heterocycles. The highest BCUT2D eigenvalue weighted by molar-refractivity contribution is 5.96. The first-order valence-corrected chi connectivity index (χ1v) is 7.36. The maximum atomic E-state index is 12.3. The molecule has 0 unspecified atom stereocenters. The van der Waals surface area contributed by atoms with Crippen molar-refractivity contribution in [3.8, 4) is 0 Å². The van der Waals surface area contributed by atoms with Crippen LogP contribution >= 0.6 is 0 Å². The zero-order valence-corrected chi connectivity index (χ0v) is 12.8. The Labute approximate surface area is 126 Å². The number of amides is 2. The van der Waals surface area contributed by atoms with Crippen LogP contribution in [0.15, 0.2) is 24.3 Å². The SMILES string of the molecule is CCCCN(CCCO)C(=O)Nc1cccc(C(C)=O)c1. The van der Waals surface area contributed by atoms with Crippen molar-refractivity contribution < 1.29 is 14.7 Å². The van der Waals surface area contributed by atoms with E-state index < -0.39 is 0 Å². The maximum absolute atomic E-state index is 12.3. The molecule has 1 rings (SSSR count). The monoisotopic (exact) mass is 292 g/mol. The lowest BCUT2D eigenvalue weighted by Crippen LogP contribution is -2.36. The van der Waals surface area contributed by atoms with Gasteiger partial charge in [-0.05, 0) is 31.9 Å². The lowest BCUT2D eigenvalue weighted by Gasteiger charge is -2.22. The van der Waals surface area contributed by atoms with E-state index in [0.29, 0.717) is 30.8 Å². The highest BCUT2D eigenvalue weighted by atomic mass is 16.3. The molecule has 0 radical (unpaired) electrons. The zero-order valence-electron chi connectivity index (χ0n) is 12.8. The van der Waals surface area contributed by atoms with Crippen LogP contribution in [0.3, 0.4) is 0 Å². The van der Waals surface area contributed by atoms with Gasteiger partial charge in [0.2, 0.25) is 0 Å². The Hall–Kier alpha value is -1.88. The average molecular weight is 292 g/mol. The summed E-state index contributed by atoms with van der Waals surface area (Å²) in [6, 6.07) is 6.70. The molecule has 0 aliphatic heterocycles. The first kappa shape index (κ1) is 17.2. The van der Waals surface area contributed by atoms with Gasteiger partial charge in [-0.15, -0.1) is 0 Å². The van der Waals surface area contributed by atoms with Gasteiger partial charge in [-0.3, -0.25) is 4.79 Å². The molecule has 0 bridgehead atoms. The van der Waals surface area contributed by atoms with Gasteiger partial charge in [0.15, 0.2) is 5.78 Å². The quantitative estimate of drug-likeness (QED) is 0.724. The third kappa shape index (κ3) is 5.95. The molecule has 0 aliphatic rings. The number of urea groups is 1. The second-order valence-corrected chi connectivity index (χ2v) is 4.98. The number of hydrogen-bond acceptors (Lipinski definition) is 3. The molecule has 21 heavy (non-hydrogen) atoms. The Balaban J connectivity index is 2.70. The molecule has 0 fully saturated rings. The van der Waals surface area contributed by atoms with Crippen molar-refractivity contribution in [3.05, 3.63) is 29.8 Å². The molecule has 0 saturated heterocycles. The smallest absolute Gasteiger partial charge is 0.321 e. The van der Waals surface area contributed by atoms with E-state index in [4.69, 9.17) is 5.11 Å². The van der Waals surface area contributed by atoms with E-state index in [9.17, 15) is 9.59 Å². The summed E-state index contributed by atoms with van der Waals surface area (Å²) in [6.07, 6.45) is 2.49. The van der Waals surface area contributed by atoms with Crippen LogP contribution in [-0.2, 0) is 0 Å². The van der Waals surface area contributed by atoms with Crippen LogP contribution in [0.1, 0.15) is 43.5 Å². The van der Waals surface area contributed by atoms with Gasteiger partial charge in [-0.1, -0.05) is 25.5 Å². The number of carbonyl (C=O) groups excluding carboxylic acids is 2. The Morgan fingerprint density at radius 2 is 1.95 bits per heavy atom. The topological polar surface area (TPSA) is 69.6 Å². The summed E-state index contributed by atoms with van der Waals surface area (Å²) in [5.74, 6) is -0.0331. The van der Waals surface area contributed by atoms with Gasteiger partial charge in [0.05, 0.1) is 0 Å². The normalized spacial score (nSPS) is 10.2. The summed E-state index contributed by atoms with van der Waals surface area (Å²) in [5.41, 5.74) is 1.18. The summed E-state index contributed by atoms with van der Waals surface area (Å²) >= 11 is 0. The summed E-state index contributed by atoms with van der Waals surface area (Å²) < 4.78 is 0. The number of nitrogens with one attached hydrogen (secondary N) is 1. The second kappa shape index (κ2) is 9.13. The van der Waals surface area contributed by atoms with E-state index in [1.807, 2.05) is 0 Å². The molecule has 1 aromatic carbocycles. The fourth-order valence-electron chi connectivity index (χ4n) is 1.94. The molecule has 0 heterocycles. The van der Waals surface area contributed by atoms with Gasteiger partial charge >= 0.3 is 6.03 Å². The molecule has 5 heteroatoms. The molecule has 0 saturated carbocycles. The molecular formula is C16H24N2O3. The number of aliphatic hydroxyl groups is 1. The van der Waals surface area contributed by atoms with Gasteiger partial charge in [0.1, 0.15) is 0 Å². The molecular weight excluding hydrogens is 268 g/mol. The number of anilines is 1. The summed E-state index contributed by atoms with van der Waals surface area (Å²) in [7, 11) is 0. The van der Waals surface area contributed by atoms with E-state index in [2.05, 4.69) is 12.2 Å². The van der Waals surface area contributed by atoms with Crippen molar-refractivity contribution in [2.75, 3.05) is 25.0 Å². The van der Waals surface area contributed by atoms with Crippen molar-refractivity contribution in [1.29, 1.82) is 0 Å². The minimum atomic E-state index is -0.197. The van der Waals surface area contributed by atoms with Crippen LogP contribution in [-0.4, -0.2) is 41.5 Å². The Bertz CT molecular complexity index is 466. The number of Topliss-reactive ketones (excluding diaryl/α,β-unsaturated/α-hetero) is 1. The standard InChI is InChI=1S/C16H24N2O3/c1-3-4-9-18(10-6-11-19)16(21)17-15-8-5-7-14(12-15)13(2)20/h5,7-8,12,19H,3-4,6,9-11H2,1-2H3,(H,17,21). The van der Waals surface area contributed by atoms with Crippen LogP contribution in [0.2, 0.25) is 0 Å². The Morgan fingerprint density at radius 3 is 2.57 bits per heavy atom. The lowest BCUT2D eigenvalue weighted by atomic mass is 10.1.